The molecule has 0 saturated carbocycles. The molecule has 2 amide bonds. The predicted molar refractivity (Wildman–Crippen MR) is 86.8 cm³/mol. The number of unbranched alkanes of at least 4 members (excludes halogenated alkanes) is 2. The standard InChI is InChI=1S/C17H24N2O5/c1-2-3-4-7-18-15(20)12-5-8-19(9-6-12)16(21)14-10-13(11-24-14)17(22)23/h10-12H,2-9H2,1H3,(H,18,20)(H,22,23). The van der Waals surface area contributed by atoms with E-state index >= 15 is 0 Å². The molecule has 2 heterocycles. The Morgan fingerprint density at radius 2 is 2.00 bits per heavy atom. The van der Waals surface area contributed by atoms with E-state index < -0.39 is 5.97 Å². The molecule has 0 spiro atoms. The number of piperidine rings is 1. The number of aromatic carboxylic acids is 1. The van der Waals surface area contributed by atoms with Crippen molar-refractivity contribution in [3.63, 3.8) is 0 Å². The van der Waals surface area contributed by atoms with Crippen molar-refractivity contribution in [3.05, 3.63) is 23.7 Å². The molecular formula is C17H24N2O5. The van der Waals surface area contributed by atoms with Crippen LogP contribution in [0.1, 0.15) is 59.9 Å². The fourth-order valence-corrected chi connectivity index (χ4v) is 2.79. The number of carboxylic acids is 1. The number of carboxylic acid groups (broad SMARTS) is 1. The number of rotatable bonds is 7. The Hall–Kier alpha value is -2.31. The molecule has 0 aromatic carbocycles. The number of carbonyl (C=O) groups is 3. The van der Waals surface area contributed by atoms with Crippen molar-refractivity contribution in [2.45, 2.75) is 39.0 Å². The van der Waals surface area contributed by atoms with Gasteiger partial charge >= 0.3 is 5.97 Å². The van der Waals surface area contributed by atoms with E-state index in [1.807, 2.05) is 0 Å². The second kappa shape index (κ2) is 8.52. The molecule has 0 bridgehead atoms. The molecule has 0 atom stereocenters. The van der Waals surface area contributed by atoms with E-state index in [9.17, 15) is 14.4 Å². The lowest BCUT2D eigenvalue weighted by molar-refractivity contribution is -0.126. The summed E-state index contributed by atoms with van der Waals surface area (Å²) in [7, 11) is 0. The van der Waals surface area contributed by atoms with Crippen molar-refractivity contribution in [2.24, 2.45) is 5.92 Å². The van der Waals surface area contributed by atoms with Crippen molar-refractivity contribution in [2.75, 3.05) is 19.6 Å². The zero-order valence-corrected chi connectivity index (χ0v) is 13.9. The van der Waals surface area contributed by atoms with Crippen LogP contribution in [-0.4, -0.2) is 47.4 Å². The zero-order valence-electron chi connectivity index (χ0n) is 13.9. The Bertz CT molecular complexity index is 588. The smallest absolute Gasteiger partial charge is 0.338 e. The van der Waals surface area contributed by atoms with Crippen LogP contribution in [0.3, 0.4) is 0 Å². The van der Waals surface area contributed by atoms with E-state index in [0.717, 1.165) is 25.5 Å². The Morgan fingerprint density at radius 3 is 2.58 bits per heavy atom. The molecule has 1 aromatic heterocycles. The molecule has 7 nitrogen and oxygen atoms in total. The molecule has 1 aliphatic heterocycles. The first-order valence-corrected chi connectivity index (χ1v) is 8.41. The fraction of sp³-hybridized carbons (Fsp3) is 0.588. The highest BCUT2D eigenvalue weighted by molar-refractivity contribution is 5.95. The highest BCUT2D eigenvalue weighted by atomic mass is 16.4. The van der Waals surface area contributed by atoms with Crippen LogP contribution < -0.4 is 5.32 Å². The van der Waals surface area contributed by atoms with E-state index in [4.69, 9.17) is 9.52 Å². The highest BCUT2D eigenvalue weighted by Gasteiger charge is 2.29. The summed E-state index contributed by atoms with van der Waals surface area (Å²) in [5, 5.41) is 11.8. The second-order valence-corrected chi connectivity index (χ2v) is 6.07. The number of hydrogen-bond acceptors (Lipinski definition) is 4. The number of nitrogens with zero attached hydrogens (tertiary/aromatic N) is 1. The summed E-state index contributed by atoms with van der Waals surface area (Å²) in [6, 6.07) is 1.23. The van der Waals surface area contributed by atoms with Crippen LogP contribution in [-0.2, 0) is 4.79 Å². The van der Waals surface area contributed by atoms with Gasteiger partial charge in [-0.3, -0.25) is 9.59 Å². The van der Waals surface area contributed by atoms with E-state index in [1.165, 1.54) is 6.07 Å². The van der Waals surface area contributed by atoms with Crippen LogP contribution >= 0.6 is 0 Å². The SMILES string of the molecule is CCCCCNC(=O)C1CCN(C(=O)c2cc(C(=O)O)co2)CC1. The lowest BCUT2D eigenvalue weighted by Gasteiger charge is -2.30. The van der Waals surface area contributed by atoms with Gasteiger partial charge in [0.15, 0.2) is 5.76 Å². The lowest BCUT2D eigenvalue weighted by atomic mass is 9.95. The fourth-order valence-electron chi connectivity index (χ4n) is 2.79. The van der Waals surface area contributed by atoms with Gasteiger partial charge in [0.2, 0.25) is 5.91 Å². The minimum absolute atomic E-state index is 0.0230. The molecule has 0 unspecified atom stereocenters. The van der Waals surface area contributed by atoms with Crippen molar-refractivity contribution in [1.29, 1.82) is 0 Å². The summed E-state index contributed by atoms with van der Waals surface area (Å²) in [4.78, 5) is 36.8. The normalized spacial score (nSPS) is 15.3. The maximum absolute atomic E-state index is 12.3. The first-order valence-electron chi connectivity index (χ1n) is 8.41. The third-order valence-electron chi connectivity index (χ3n) is 4.29. The number of nitrogens with one attached hydrogen (secondary N) is 1. The topological polar surface area (TPSA) is 99.9 Å². The van der Waals surface area contributed by atoms with E-state index in [-0.39, 0.29) is 29.1 Å². The second-order valence-electron chi connectivity index (χ2n) is 6.07. The van der Waals surface area contributed by atoms with Crippen LogP contribution in [0.4, 0.5) is 0 Å². The molecule has 24 heavy (non-hydrogen) atoms. The molecule has 7 heteroatoms. The van der Waals surface area contributed by atoms with Gasteiger partial charge in [-0.15, -0.1) is 0 Å². The molecule has 1 aromatic rings. The maximum atomic E-state index is 12.3. The monoisotopic (exact) mass is 336 g/mol. The quantitative estimate of drug-likeness (QED) is 0.743. The van der Waals surface area contributed by atoms with Crippen molar-refractivity contribution in [3.8, 4) is 0 Å². The van der Waals surface area contributed by atoms with Gasteiger partial charge in [0.05, 0.1) is 5.56 Å². The molecule has 1 saturated heterocycles. The third-order valence-corrected chi connectivity index (χ3v) is 4.29. The van der Waals surface area contributed by atoms with Gasteiger partial charge < -0.3 is 19.7 Å². The molecule has 0 aliphatic carbocycles. The van der Waals surface area contributed by atoms with Gasteiger partial charge in [0.25, 0.3) is 5.91 Å². The van der Waals surface area contributed by atoms with Gasteiger partial charge in [0, 0.05) is 31.6 Å². The average molecular weight is 336 g/mol. The highest BCUT2D eigenvalue weighted by Crippen LogP contribution is 2.20. The molecule has 2 rings (SSSR count). The first kappa shape index (κ1) is 18.0. The van der Waals surface area contributed by atoms with Gasteiger partial charge in [-0.05, 0) is 19.3 Å². The summed E-state index contributed by atoms with van der Waals surface area (Å²) in [6.07, 6.45) is 5.49. The number of amides is 2. The Kier molecular flexibility index (Phi) is 6.40. The van der Waals surface area contributed by atoms with Crippen LogP contribution in [0.5, 0.6) is 0 Å². The predicted octanol–water partition coefficient (Wildman–Crippen LogP) is 2.14. The third kappa shape index (κ3) is 4.59. The Balaban J connectivity index is 1.80. The van der Waals surface area contributed by atoms with Crippen LogP contribution in [0.2, 0.25) is 0 Å². The van der Waals surface area contributed by atoms with Gasteiger partial charge in [0.1, 0.15) is 6.26 Å². The van der Waals surface area contributed by atoms with Crippen molar-refractivity contribution >= 4 is 17.8 Å². The number of hydrogen-bond donors (Lipinski definition) is 2. The molecular weight excluding hydrogens is 312 g/mol. The zero-order chi connectivity index (χ0) is 17.5. The lowest BCUT2D eigenvalue weighted by Crippen LogP contribution is -2.43. The van der Waals surface area contributed by atoms with Crippen LogP contribution in [0.15, 0.2) is 16.7 Å². The minimum atomic E-state index is -1.13. The summed E-state index contributed by atoms with van der Waals surface area (Å²) in [5.41, 5.74) is -0.0420. The van der Waals surface area contributed by atoms with Crippen LogP contribution in [0.25, 0.3) is 0 Å². The molecule has 1 fully saturated rings. The average Bonchev–Trinajstić information content (AvgIpc) is 3.08. The van der Waals surface area contributed by atoms with Gasteiger partial charge in [-0.2, -0.15) is 0 Å². The van der Waals surface area contributed by atoms with Crippen molar-refractivity contribution in [1.82, 2.24) is 10.2 Å². The summed E-state index contributed by atoms with van der Waals surface area (Å²) < 4.78 is 5.04. The van der Waals surface area contributed by atoms with E-state index in [1.54, 1.807) is 4.90 Å². The maximum Gasteiger partial charge on any atom is 0.338 e. The first-order chi connectivity index (χ1) is 11.5. The number of likely N-dealkylation sites (tertiary alicyclic amines) is 1. The number of carbonyl (C=O) groups excluding carboxylic acids is 2. The molecule has 132 valence electrons. The van der Waals surface area contributed by atoms with Gasteiger partial charge in [-0.25, -0.2) is 4.79 Å². The van der Waals surface area contributed by atoms with E-state index in [2.05, 4.69) is 12.2 Å². The molecule has 0 radical (unpaired) electrons. The number of furan rings is 1. The largest absolute Gasteiger partial charge is 0.478 e. The molecule has 1 aliphatic rings. The Labute approximate surface area is 141 Å². The van der Waals surface area contributed by atoms with E-state index in [0.29, 0.717) is 32.5 Å². The Morgan fingerprint density at radius 1 is 1.29 bits per heavy atom. The molecule has 2 N–H and O–H groups in total. The van der Waals surface area contributed by atoms with Crippen molar-refractivity contribution < 1.29 is 23.9 Å². The van der Waals surface area contributed by atoms with Gasteiger partial charge in [-0.1, -0.05) is 19.8 Å². The van der Waals surface area contributed by atoms with Crippen LogP contribution in [0, 0.1) is 5.92 Å². The summed E-state index contributed by atoms with van der Waals surface area (Å²) in [5.74, 6) is -1.44. The summed E-state index contributed by atoms with van der Waals surface area (Å²) in [6.45, 7) is 3.76. The summed E-state index contributed by atoms with van der Waals surface area (Å²) >= 11 is 0. The minimum Gasteiger partial charge on any atom is -0.478 e.